The largest absolute Gasteiger partial charge is 0.377 e. The average molecular weight is 327 g/mol. The molecule has 124 valence electrons. The lowest BCUT2D eigenvalue weighted by atomic mass is 9.82. The highest BCUT2D eigenvalue weighted by Gasteiger charge is 2.34. The molecule has 1 fully saturated rings. The van der Waals surface area contributed by atoms with Gasteiger partial charge in [-0.3, -0.25) is 4.79 Å². The number of rotatable bonds is 6. The molecule has 1 aliphatic rings. The molecule has 1 aromatic rings. The molecule has 5 heteroatoms. The number of hydrogen-bond donors (Lipinski definition) is 2. The van der Waals surface area contributed by atoms with E-state index in [-0.39, 0.29) is 23.7 Å². The second kappa shape index (κ2) is 9.13. The normalized spacial score (nSPS) is 21.0. The molecular formula is C17H27ClN2O2. The first kappa shape index (κ1) is 18.9. The molecule has 22 heavy (non-hydrogen) atoms. The van der Waals surface area contributed by atoms with Crippen molar-refractivity contribution in [1.82, 2.24) is 10.6 Å². The summed E-state index contributed by atoms with van der Waals surface area (Å²) >= 11 is 0. The van der Waals surface area contributed by atoms with Gasteiger partial charge in [0, 0.05) is 19.7 Å². The Bertz CT molecular complexity index is 473. The van der Waals surface area contributed by atoms with Crippen LogP contribution < -0.4 is 10.6 Å². The van der Waals surface area contributed by atoms with E-state index in [1.54, 1.807) is 0 Å². The van der Waals surface area contributed by atoms with Crippen LogP contribution in [0, 0.1) is 5.41 Å². The van der Waals surface area contributed by atoms with E-state index in [4.69, 9.17) is 4.74 Å². The fourth-order valence-corrected chi connectivity index (χ4v) is 2.72. The highest BCUT2D eigenvalue weighted by molar-refractivity contribution is 5.85. The summed E-state index contributed by atoms with van der Waals surface area (Å²) < 4.78 is 5.48. The lowest BCUT2D eigenvalue weighted by molar-refractivity contribution is -0.131. The van der Waals surface area contributed by atoms with Crippen molar-refractivity contribution >= 4 is 18.3 Å². The highest BCUT2D eigenvalue weighted by Crippen LogP contribution is 2.25. The number of ether oxygens (including phenoxy) is 1. The average Bonchev–Trinajstić information content (AvgIpc) is 2.52. The first-order valence-electron chi connectivity index (χ1n) is 7.79. The molecule has 0 spiro atoms. The molecule has 1 amide bonds. The summed E-state index contributed by atoms with van der Waals surface area (Å²) in [6, 6.07) is 8.12. The standard InChI is InChI=1S/C17H26N2O2.ClH/c1-3-21-12-15-8-5-4-7-14(15)11-19-16(20)17(2)9-6-10-18-13-17;/h4-5,7-8,18H,3,6,9-13H2,1-2H3,(H,19,20);1H. The maximum Gasteiger partial charge on any atom is 0.227 e. The molecule has 0 aliphatic carbocycles. The van der Waals surface area contributed by atoms with Crippen LogP contribution in [0.25, 0.3) is 0 Å². The van der Waals surface area contributed by atoms with Gasteiger partial charge in [-0.1, -0.05) is 24.3 Å². The Kier molecular flexibility index (Phi) is 7.87. The number of carbonyl (C=O) groups excluding carboxylic acids is 1. The first-order valence-corrected chi connectivity index (χ1v) is 7.79. The zero-order chi connectivity index (χ0) is 15.1. The molecule has 0 radical (unpaired) electrons. The fraction of sp³-hybridized carbons (Fsp3) is 0.588. The number of carbonyl (C=O) groups is 1. The number of piperidine rings is 1. The number of hydrogen-bond acceptors (Lipinski definition) is 3. The minimum absolute atomic E-state index is 0. The van der Waals surface area contributed by atoms with Gasteiger partial charge in [0.1, 0.15) is 0 Å². The van der Waals surface area contributed by atoms with E-state index in [0.717, 1.165) is 37.1 Å². The molecule has 2 rings (SSSR count). The van der Waals surface area contributed by atoms with E-state index in [1.807, 2.05) is 26.0 Å². The summed E-state index contributed by atoms with van der Waals surface area (Å²) in [6.07, 6.45) is 2.01. The van der Waals surface area contributed by atoms with Crippen LogP contribution in [-0.4, -0.2) is 25.6 Å². The SMILES string of the molecule is CCOCc1ccccc1CNC(=O)C1(C)CCCNC1.Cl. The predicted molar refractivity (Wildman–Crippen MR) is 91.1 cm³/mol. The number of amides is 1. The van der Waals surface area contributed by atoms with E-state index in [1.165, 1.54) is 0 Å². The molecule has 0 saturated carbocycles. The summed E-state index contributed by atoms with van der Waals surface area (Å²) in [5.74, 6) is 0.140. The molecule has 1 aliphatic heterocycles. The van der Waals surface area contributed by atoms with E-state index < -0.39 is 0 Å². The molecule has 0 aromatic heterocycles. The third kappa shape index (κ3) is 4.97. The Hall–Kier alpha value is -1.10. The van der Waals surface area contributed by atoms with Crippen molar-refractivity contribution in [2.24, 2.45) is 5.41 Å². The summed E-state index contributed by atoms with van der Waals surface area (Å²) in [5, 5.41) is 6.40. The van der Waals surface area contributed by atoms with Crippen LogP contribution in [0.4, 0.5) is 0 Å². The van der Waals surface area contributed by atoms with Gasteiger partial charge in [0.25, 0.3) is 0 Å². The van der Waals surface area contributed by atoms with Crippen molar-refractivity contribution < 1.29 is 9.53 Å². The van der Waals surface area contributed by atoms with Crippen LogP contribution in [0.2, 0.25) is 0 Å². The van der Waals surface area contributed by atoms with Crippen molar-refractivity contribution in [3.63, 3.8) is 0 Å². The highest BCUT2D eigenvalue weighted by atomic mass is 35.5. The van der Waals surface area contributed by atoms with Crippen LogP contribution in [0.3, 0.4) is 0 Å². The lowest BCUT2D eigenvalue weighted by Crippen LogP contribution is -2.48. The lowest BCUT2D eigenvalue weighted by Gasteiger charge is -2.32. The van der Waals surface area contributed by atoms with Gasteiger partial charge in [0.2, 0.25) is 5.91 Å². The summed E-state index contributed by atoms with van der Waals surface area (Å²) in [4.78, 5) is 12.4. The monoisotopic (exact) mass is 326 g/mol. The molecule has 1 unspecified atom stereocenters. The van der Waals surface area contributed by atoms with Crippen molar-refractivity contribution in [3.05, 3.63) is 35.4 Å². The molecule has 1 aromatic carbocycles. The van der Waals surface area contributed by atoms with Crippen LogP contribution in [0.5, 0.6) is 0 Å². The number of nitrogens with one attached hydrogen (secondary N) is 2. The Balaban J connectivity index is 0.00000242. The predicted octanol–water partition coefficient (Wildman–Crippen LogP) is 2.65. The van der Waals surface area contributed by atoms with E-state index in [9.17, 15) is 4.79 Å². The second-order valence-electron chi connectivity index (χ2n) is 5.93. The van der Waals surface area contributed by atoms with Gasteiger partial charge in [-0.2, -0.15) is 0 Å². The van der Waals surface area contributed by atoms with Crippen molar-refractivity contribution in [1.29, 1.82) is 0 Å². The van der Waals surface area contributed by atoms with Crippen LogP contribution in [0.1, 0.15) is 37.8 Å². The van der Waals surface area contributed by atoms with Gasteiger partial charge in [0.15, 0.2) is 0 Å². The van der Waals surface area contributed by atoms with Gasteiger partial charge in [0.05, 0.1) is 12.0 Å². The van der Waals surface area contributed by atoms with Gasteiger partial charge in [-0.05, 0) is 44.4 Å². The quantitative estimate of drug-likeness (QED) is 0.845. The summed E-state index contributed by atoms with van der Waals surface area (Å²) in [6.45, 7) is 7.67. The molecule has 2 N–H and O–H groups in total. The molecule has 4 nitrogen and oxygen atoms in total. The minimum atomic E-state index is -0.285. The second-order valence-corrected chi connectivity index (χ2v) is 5.93. The summed E-state index contributed by atoms with van der Waals surface area (Å²) in [7, 11) is 0. The first-order chi connectivity index (χ1) is 10.2. The van der Waals surface area contributed by atoms with Gasteiger partial charge < -0.3 is 15.4 Å². The number of halogens is 1. The zero-order valence-electron chi connectivity index (χ0n) is 13.5. The third-order valence-electron chi connectivity index (χ3n) is 4.16. The molecule has 1 saturated heterocycles. The Morgan fingerprint density at radius 1 is 1.36 bits per heavy atom. The molecular weight excluding hydrogens is 300 g/mol. The maximum atomic E-state index is 12.4. The van der Waals surface area contributed by atoms with E-state index >= 15 is 0 Å². The van der Waals surface area contributed by atoms with Crippen LogP contribution in [0.15, 0.2) is 24.3 Å². The fourth-order valence-electron chi connectivity index (χ4n) is 2.72. The van der Waals surface area contributed by atoms with Crippen molar-refractivity contribution in [2.45, 2.75) is 39.8 Å². The minimum Gasteiger partial charge on any atom is -0.377 e. The zero-order valence-corrected chi connectivity index (χ0v) is 14.3. The maximum absolute atomic E-state index is 12.4. The van der Waals surface area contributed by atoms with Gasteiger partial charge in [-0.25, -0.2) is 0 Å². The number of benzene rings is 1. The Labute approximate surface area is 139 Å². The van der Waals surface area contributed by atoms with Crippen LogP contribution >= 0.6 is 12.4 Å². The smallest absolute Gasteiger partial charge is 0.227 e. The van der Waals surface area contributed by atoms with Crippen LogP contribution in [-0.2, 0) is 22.7 Å². The van der Waals surface area contributed by atoms with Gasteiger partial charge in [-0.15, -0.1) is 12.4 Å². The van der Waals surface area contributed by atoms with E-state index in [2.05, 4.69) is 22.8 Å². The topological polar surface area (TPSA) is 50.4 Å². The van der Waals surface area contributed by atoms with Gasteiger partial charge >= 0.3 is 0 Å². The van der Waals surface area contributed by atoms with E-state index in [0.29, 0.717) is 19.8 Å². The van der Waals surface area contributed by atoms with Crippen molar-refractivity contribution in [2.75, 3.05) is 19.7 Å². The Morgan fingerprint density at radius 2 is 2.09 bits per heavy atom. The van der Waals surface area contributed by atoms with Crippen molar-refractivity contribution in [3.8, 4) is 0 Å². The Morgan fingerprint density at radius 3 is 2.73 bits per heavy atom. The summed E-state index contributed by atoms with van der Waals surface area (Å²) in [5.41, 5.74) is 1.99. The molecule has 1 heterocycles. The molecule has 1 atom stereocenters. The third-order valence-corrected chi connectivity index (χ3v) is 4.16. The molecule has 0 bridgehead atoms.